The molecule has 0 aromatic heterocycles. The van der Waals surface area contributed by atoms with Crippen LogP contribution in [-0.4, -0.2) is 23.4 Å². The number of benzene rings is 3. The van der Waals surface area contributed by atoms with Crippen LogP contribution in [0.4, 0.5) is 0 Å². The Labute approximate surface area is 224 Å². The van der Waals surface area contributed by atoms with E-state index >= 15 is 0 Å². The summed E-state index contributed by atoms with van der Waals surface area (Å²) in [4.78, 5) is 4.28. The molecule has 174 valence electrons. The number of rotatable bonds is 6. The number of hydrogen-bond donors (Lipinski definition) is 0. The Morgan fingerprint density at radius 3 is 1.47 bits per heavy atom. The summed E-state index contributed by atoms with van der Waals surface area (Å²) in [5.41, 5.74) is 0. The number of hydrogen-bond acceptors (Lipinski definition) is 2. The van der Waals surface area contributed by atoms with E-state index < -0.39 is 7.92 Å². The Bertz CT molecular complexity index is 788. The Kier molecular flexibility index (Phi) is 14.8. The molecule has 0 N–H and O–H groups in total. The van der Waals surface area contributed by atoms with Crippen molar-refractivity contribution in [1.82, 2.24) is 9.80 Å². The van der Waals surface area contributed by atoms with E-state index in [0.717, 1.165) is 17.3 Å². The third-order valence-corrected chi connectivity index (χ3v) is 7.51. The van der Waals surface area contributed by atoms with Gasteiger partial charge < -0.3 is 9.80 Å². The Morgan fingerprint density at radius 2 is 1.16 bits per heavy atom. The van der Waals surface area contributed by atoms with Crippen LogP contribution in [0.5, 0.6) is 0 Å². The first kappa shape index (κ1) is 27.8. The van der Waals surface area contributed by atoms with Gasteiger partial charge in [0.2, 0.25) is 0 Å². The van der Waals surface area contributed by atoms with Crippen molar-refractivity contribution in [3.63, 3.8) is 0 Å². The topological polar surface area (TPSA) is 6.48 Å². The van der Waals surface area contributed by atoms with Gasteiger partial charge in [0.1, 0.15) is 15.9 Å². The molecule has 0 radical (unpaired) electrons. The molecule has 0 saturated carbocycles. The third-order valence-electron chi connectivity index (χ3n) is 4.78. The second-order valence-electron chi connectivity index (χ2n) is 7.19. The van der Waals surface area contributed by atoms with Crippen molar-refractivity contribution in [2.24, 2.45) is 0 Å². The number of halogens is 2. The second-order valence-corrected chi connectivity index (χ2v) is 21.7. The number of nitrogens with zero attached hydrogens (tertiary/aromatic N) is 2. The molecule has 0 aliphatic carbocycles. The quantitative estimate of drug-likeness (QED) is 0.122. The van der Waals surface area contributed by atoms with Crippen molar-refractivity contribution >= 4 is 62.9 Å². The van der Waals surface area contributed by atoms with Crippen molar-refractivity contribution in [2.75, 3.05) is 13.6 Å². The first-order valence-corrected chi connectivity index (χ1v) is 21.3. The maximum Gasteiger partial charge on any atom is 0.102 e. The van der Waals surface area contributed by atoms with Crippen molar-refractivity contribution in [2.45, 2.75) is 19.8 Å². The van der Waals surface area contributed by atoms with Crippen LogP contribution in [0.25, 0.3) is 0 Å². The summed E-state index contributed by atoms with van der Waals surface area (Å²) in [6, 6.07) is 32.5. The molecule has 0 saturated heterocycles. The minimum atomic E-state index is -0.877. The predicted molar refractivity (Wildman–Crippen MR) is 157 cm³/mol. The van der Waals surface area contributed by atoms with Crippen molar-refractivity contribution < 1.29 is 10.8 Å². The monoisotopic (exact) mass is 762 g/mol. The summed E-state index contributed by atoms with van der Waals surface area (Å²) in [5.74, 6) is 0. The van der Waals surface area contributed by atoms with Gasteiger partial charge in [-0.1, -0.05) is 67.9 Å². The van der Waals surface area contributed by atoms with Crippen LogP contribution in [0.3, 0.4) is 0 Å². The van der Waals surface area contributed by atoms with E-state index in [0.29, 0.717) is 0 Å². The minimum Gasteiger partial charge on any atom is -0.0620 e. The summed E-state index contributed by atoms with van der Waals surface area (Å²) in [5, 5.41) is 4.31. The van der Waals surface area contributed by atoms with E-state index in [1.807, 2.05) is 7.05 Å². The predicted octanol–water partition coefficient (Wildman–Crippen LogP) is 6.57. The largest absolute Gasteiger partial charge is 0.102 e. The fourth-order valence-electron chi connectivity index (χ4n) is 3.29. The van der Waals surface area contributed by atoms with Crippen LogP contribution in [0.2, 0.25) is 0 Å². The molecule has 0 unspecified atom stereocenters. The molecule has 0 atom stereocenters. The summed E-state index contributed by atoms with van der Waals surface area (Å²) in [7, 11) is 2.06. The molecule has 4 rings (SSSR count). The van der Waals surface area contributed by atoms with E-state index in [2.05, 4.69) is 166 Å². The Hall–Kier alpha value is -0.448. The first-order valence-electron chi connectivity index (χ1n) is 10.6. The SMILES string of the molecule is CCCCN1C=CN(C)[CH-]1.[I][Pd][I].c1ccc([PH+](c2ccccc2)c2ccccc2)cc1. The van der Waals surface area contributed by atoms with Crippen molar-refractivity contribution in [3.05, 3.63) is 110 Å². The maximum atomic E-state index is 2.33. The summed E-state index contributed by atoms with van der Waals surface area (Å²) in [6.07, 6.45) is 6.71. The molecule has 1 aliphatic heterocycles. The van der Waals surface area contributed by atoms with Crippen LogP contribution in [-0.2, 0) is 10.8 Å². The van der Waals surface area contributed by atoms with Gasteiger partial charge in [0.05, 0.1) is 7.92 Å². The van der Waals surface area contributed by atoms with Crippen molar-refractivity contribution in [1.29, 1.82) is 0 Å². The second kappa shape index (κ2) is 17.1. The standard InChI is InChI=1S/C18H15P.C8H15N2.2HI.Pd/c1-4-10-16(11-5-1)19(17-12-6-2-7-13-17)18-14-8-3-9-15-18;1-3-4-5-10-7-6-9(2)8-10;;;/h1-15H;6-8H,3-5H2,1-2H3;2*1H;/q;-1;;;+2/p-1. The van der Waals surface area contributed by atoms with Gasteiger partial charge in [0.15, 0.2) is 0 Å². The van der Waals surface area contributed by atoms with Crippen LogP contribution in [0, 0.1) is 6.67 Å². The van der Waals surface area contributed by atoms with Crippen LogP contribution < -0.4 is 15.9 Å². The van der Waals surface area contributed by atoms with Gasteiger partial charge in [0.25, 0.3) is 0 Å². The molecule has 1 aliphatic rings. The molecule has 3 aromatic carbocycles. The fraction of sp³-hybridized carbons (Fsp3) is 0.192. The minimum absolute atomic E-state index is 0.877. The average Bonchev–Trinajstić information content (AvgIpc) is 3.26. The zero-order chi connectivity index (χ0) is 23.0. The smallest absolute Gasteiger partial charge is 0.0620 e. The average molecular weight is 763 g/mol. The van der Waals surface area contributed by atoms with E-state index in [1.165, 1.54) is 28.8 Å². The van der Waals surface area contributed by atoms with Gasteiger partial charge >= 0.3 is 49.8 Å². The summed E-state index contributed by atoms with van der Waals surface area (Å²) in [6.45, 7) is 5.47. The molecule has 2 nitrogen and oxygen atoms in total. The van der Waals surface area contributed by atoms with Gasteiger partial charge in [-0.05, 0) is 68.8 Å². The molecule has 0 bridgehead atoms. The van der Waals surface area contributed by atoms with Gasteiger partial charge in [-0.25, -0.2) is 0 Å². The van der Waals surface area contributed by atoms with Crippen molar-refractivity contribution in [3.8, 4) is 0 Å². The van der Waals surface area contributed by atoms with Crippen LogP contribution >= 0.6 is 47.0 Å². The zero-order valence-corrected chi connectivity index (χ0v) is 25.3. The van der Waals surface area contributed by atoms with E-state index in [9.17, 15) is 0 Å². The summed E-state index contributed by atoms with van der Waals surface area (Å²) >= 11 is 4.65. The molecule has 0 spiro atoms. The fourth-order valence-corrected chi connectivity index (χ4v) is 5.87. The molecule has 3 aromatic rings. The maximum absolute atomic E-state index is 2.33. The van der Waals surface area contributed by atoms with E-state index in [4.69, 9.17) is 0 Å². The third kappa shape index (κ3) is 10.2. The molecule has 0 amide bonds. The molecular weight excluding hydrogens is 732 g/mol. The molecular formula is C26H31I2N2PPd. The normalized spacial score (nSPS) is 12.3. The molecule has 0 fully saturated rings. The molecule has 32 heavy (non-hydrogen) atoms. The van der Waals surface area contributed by atoms with Gasteiger partial charge in [-0.2, -0.15) is 6.67 Å². The van der Waals surface area contributed by atoms with E-state index in [-0.39, 0.29) is 0 Å². The molecule has 1 heterocycles. The van der Waals surface area contributed by atoms with Crippen LogP contribution in [0.15, 0.2) is 103 Å². The van der Waals surface area contributed by atoms with E-state index in [1.54, 1.807) is 0 Å². The summed E-state index contributed by atoms with van der Waals surface area (Å²) < 4.78 is 0. The number of unbranched alkanes of at least 4 members (excludes halogenated alkanes) is 1. The molecule has 6 heteroatoms. The van der Waals surface area contributed by atoms with Gasteiger partial charge in [-0.3, -0.25) is 0 Å². The zero-order valence-electron chi connectivity index (χ0n) is 18.5. The Balaban J connectivity index is 0.000000235. The first-order chi connectivity index (χ1) is 15.7. The van der Waals surface area contributed by atoms with Gasteiger partial charge in [-0.15, -0.1) is 0 Å². The Morgan fingerprint density at radius 1 is 0.750 bits per heavy atom. The van der Waals surface area contributed by atoms with Crippen LogP contribution in [0.1, 0.15) is 19.8 Å². The van der Waals surface area contributed by atoms with Gasteiger partial charge in [0, 0.05) is 0 Å².